The number of carbonyl (C=O) groups is 1. The molecule has 1 amide bonds. The minimum Gasteiger partial charge on any atom is -0.497 e. The van der Waals surface area contributed by atoms with Crippen molar-refractivity contribution < 1.29 is 19.0 Å². The number of pyridine rings is 1. The molecule has 8 heteroatoms. The summed E-state index contributed by atoms with van der Waals surface area (Å²) >= 11 is 6.22. The van der Waals surface area contributed by atoms with Crippen molar-refractivity contribution >= 4 is 17.5 Å². The van der Waals surface area contributed by atoms with Gasteiger partial charge in [0.15, 0.2) is 0 Å². The predicted molar refractivity (Wildman–Crippen MR) is 115 cm³/mol. The number of carbonyl (C=O) groups excluding carboxylic acids is 1. The maximum Gasteiger partial charge on any atom is 0.252 e. The number of benzene rings is 1. The highest BCUT2D eigenvalue weighted by Crippen LogP contribution is 2.25. The molecule has 0 aliphatic carbocycles. The summed E-state index contributed by atoms with van der Waals surface area (Å²) in [7, 11) is 1.64. The molecule has 1 unspecified atom stereocenters. The second-order valence-electron chi connectivity index (χ2n) is 7.32. The summed E-state index contributed by atoms with van der Waals surface area (Å²) in [5.74, 6) is 0.896. The van der Waals surface area contributed by atoms with E-state index < -0.39 is 0 Å². The lowest BCUT2D eigenvalue weighted by molar-refractivity contribution is 0.0162. The fraction of sp³-hybridized carbons (Fsp3) is 0.455. The zero-order chi connectivity index (χ0) is 21.5. The van der Waals surface area contributed by atoms with Gasteiger partial charge in [0.2, 0.25) is 5.88 Å². The molecule has 1 fully saturated rings. The molecule has 0 saturated carbocycles. The summed E-state index contributed by atoms with van der Waals surface area (Å²) in [6, 6.07) is 9.53. The molecule has 2 aromatic rings. The molecule has 1 aromatic heterocycles. The normalized spacial score (nSPS) is 15.6. The monoisotopic (exact) mass is 433 g/mol. The quantitative estimate of drug-likeness (QED) is 0.688. The summed E-state index contributed by atoms with van der Waals surface area (Å²) in [5.41, 5.74) is 1.50. The van der Waals surface area contributed by atoms with Gasteiger partial charge >= 0.3 is 0 Å². The summed E-state index contributed by atoms with van der Waals surface area (Å²) in [6.07, 6.45) is 1.43. The first kappa shape index (κ1) is 22.3. The molecule has 1 aliphatic heterocycles. The highest BCUT2D eigenvalue weighted by atomic mass is 35.5. The van der Waals surface area contributed by atoms with Crippen LogP contribution < -0.4 is 14.8 Å². The van der Waals surface area contributed by atoms with Crippen LogP contribution in [0.5, 0.6) is 11.6 Å². The Balaban J connectivity index is 1.71. The predicted octanol–water partition coefficient (Wildman–Crippen LogP) is 3.33. The third-order valence-corrected chi connectivity index (χ3v) is 5.13. The number of hydrogen-bond donors (Lipinski definition) is 1. The van der Waals surface area contributed by atoms with Gasteiger partial charge in [0, 0.05) is 25.8 Å². The third-order valence-electron chi connectivity index (χ3n) is 4.86. The number of morpholine rings is 1. The minimum atomic E-state index is -0.229. The Morgan fingerprint density at radius 3 is 2.57 bits per heavy atom. The fourth-order valence-electron chi connectivity index (χ4n) is 3.32. The largest absolute Gasteiger partial charge is 0.497 e. The van der Waals surface area contributed by atoms with Crippen LogP contribution in [0.1, 0.15) is 35.8 Å². The zero-order valence-corrected chi connectivity index (χ0v) is 18.3. The number of hydrogen-bond acceptors (Lipinski definition) is 6. The van der Waals surface area contributed by atoms with Crippen LogP contribution in [0.4, 0.5) is 0 Å². The van der Waals surface area contributed by atoms with Crippen molar-refractivity contribution in [3.8, 4) is 11.6 Å². The van der Waals surface area contributed by atoms with Crippen molar-refractivity contribution in [3.63, 3.8) is 0 Å². The van der Waals surface area contributed by atoms with Crippen LogP contribution in [-0.4, -0.2) is 61.9 Å². The first-order chi connectivity index (χ1) is 14.5. The van der Waals surface area contributed by atoms with E-state index in [0.29, 0.717) is 36.2 Å². The van der Waals surface area contributed by atoms with E-state index in [4.69, 9.17) is 25.8 Å². The van der Waals surface area contributed by atoms with Gasteiger partial charge in [-0.1, -0.05) is 23.7 Å². The van der Waals surface area contributed by atoms with Gasteiger partial charge in [0.25, 0.3) is 5.91 Å². The van der Waals surface area contributed by atoms with Crippen LogP contribution in [0, 0.1) is 0 Å². The molecule has 30 heavy (non-hydrogen) atoms. The Morgan fingerprint density at radius 2 is 1.97 bits per heavy atom. The number of methoxy groups -OCH3 is 1. The van der Waals surface area contributed by atoms with E-state index in [-0.39, 0.29) is 18.1 Å². The second-order valence-corrected chi connectivity index (χ2v) is 7.73. The highest BCUT2D eigenvalue weighted by Gasteiger charge is 2.24. The van der Waals surface area contributed by atoms with Gasteiger partial charge in [-0.15, -0.1) is 0 Å². The van der Waals surface area contributed by atoms with Crippen LogP contribution in [-0.2, 0) is 4.74 Å². The number of halogens is 1. The summed E-state index contributed by atoms with van der Waals surface area (Å²) in [5, 5.41) is 3.33. The number of rotatable bonds is 8. The third kappa shape index (κ3) is 5.84. The molecule has 7 nitrogen and oxygen atoms in total. The lowest BCUT2D eigenvalue weighted by Crippen LogP contribution is -2.43. The summed E-state index contributed by atoms with van der Waals surface area (Å²) < 4.78 is 16.3. The van der Waals surface area contributed by atoms with Gasteiger partial charge in [0.1, 0.15) is 10.8 Å². The van der Waals surface area contributed by atoms with Crippen LogP contribution in [0.2, 0.25) is 5.02 Å². The van der Waals surface area contributed by atoms with E-state index in [9.17, 15) is 4.79 Å². The van der Waals surface area contributed by atoms with Gasteiger partial charge < -0.3 is 19.5 Å². The van der Waals surface area contributed by atoms with Gasteiger partial charge in [-0.05, 0) is 37.6 Å². The topological polar surface area (TPSA) is 72.9 Å². The number of amides is 1. The minimum absolute atomic E-state index is 0.0238. The lowest BCUT2D eigenvalue weighted by atomic mass is 10.0. The first-order valence-corrected chi connectivity index (χ1v) is 10.4. The van der Waals surface area contributed by atoms with E-state index in [1.54, 1.807) is 13.2 Å². The van der Waals surface area contributed by atoms with Crippen molar-refractivity contribution in [2.75, 3.05) is 40.0 Å². The van der Waals surface area contributed by atoms with Crippen LogP contribution >= 0.6 is 11.6 Å². The second kappa shape index (κ2) is 10.6. The molecular weight excluding hydrogens is 406 g/mol. The van der Waals surface area contributed by atoms with Crippen LogP contribution in [0.25, 0.3) is 0 Å². The maximum absolute atomic E-state index is 12.7. The van der Waals surface area contributed by atoms with E-state index in [1.165, 1.54) is 6.20 Å². The highest BCUT2D eigenvalue weighted by molar-refractivity contribution is 6.32. The Hall–Kier alpha value is -2.35. The fourth-order valence-corrected chi connectivity index (χ4v) is 3.53. The first-order valence-electron chi connectivity index (χ1n) is 10.0. The molecule has 0 radical (unpaired) electrons. The van der Waals surface area contributed by atoms with E-state index in [1.807, 2.05) is 38.1 Å². The molecule has 0 bridgehead atoms. The smallest absolute Gasteiger partial charge is 0.252 e. The standard InChI is InChI=1S/C22H28ClN3O4/c1-15(2)30-22-19(23)12-17(13-25-22)21(27)24-14-20(26-8-10-29-11-9-26)16-4-6-18(28-3)7-5-16/h4-7,12-13,15,20H,8-11,14H2,1-3H3,(H,24,27). The average Bonchev–Trinajstić information content (AvgIpc) is 2.76. The number of nitrogens with one attached hydrogen (secondary N) is 1. The van der Waals surface area contributed by atoms with Crippen LogP contribution in [0.15, 0.2) is 36.5 Å². The maximum atomic E-state index is 12.7. The Kier molecular flexibility index (Phi) is 7.90. The van der Waals surface area contributed by atoms with Gasteiger partial charge in [-0.25, -0.2) is 4.98 Å². The molecule has 1 aliphatic rings. The van der Waals surface area contributed by atoms with Crippen molar-refractivity contribution in [2.24, 2.45) is 0 Å². The Bertz CT molecular complexity index is 839. The Labute approximate surface area is 182 Å². The van der Waals surface area contributed by atoms with E-state index >= 15 is 0 Å². The zero-order valence-electron chi connectivity index (χ0n) is 17.6. The molecule has 3 rings (SSSR count). The van der Waals surface area contributed by atoms with Gasteiger partial charge in [-0.3, -0.25) is 9.69 Å². The number of ether oxygens (including phenoxy) is 3. The van der Waals surface area contributed by atoms with E-state index in [2.05, 4.69) is 15.2 Å². The Morgan fingerprint density at radius 1 is 1.27 bits per heavy atom. The molecule has 1 saturated heterocycles. The number of aromatic nitrogens is 1. The molecule has 2 heterocycles. The average molecular weight is 434 g/mol. The van der Waals surface area contributed by atoms with Crippen molar-refractivity contribution in [1.29, 1.82) is 0 Å². The van der Waals surface area contributed by atoms with Gasteiger partial charge in [0.05, 0.1) is 38.0 Å². The van der Waals surface area contributed by atoms with Crippen molar-refractivity contribution in [2.45, 2.75) is 26.0 Å². The molecule has 1 aromatic carbocycles. The summed E-state index contributed by atoms with van der Waals surface area (Å²) in [4.78, 5) is 19.2. The van der Waals surface area contributed by atoms with E-state index in [0.717, 1.165) is 24.4 Å². The van der Waals surface area contributed by atoms with Crippen LogP contribution in [0.3, 0.4) is 0 Å². The summed E-state index contributed by atoms with van der Waals surface area (Å²) in [6.45, 7) is 7.21. The molecule has 0 spiro atoms. The molecule has 162 valence electrons. The number of nitrogens with zero attached hydrogens (tertiary/aromatic N) is 2. The van der Waals surface area contributed by atoms with Gasteiger partial charge in [-0.2, -0.15) is 0 Å². The molecule has 1 N–H and O–H groups in total. The van der Waals surface area contributed by atoms with Crippen molar-refractivity contribution in [3.05, 3.63) is 52.7 Å². The molecule has 1 atom stereocenters. The lowest BCUT2D eigenvalue weighted by Gasteiger charge is -2.35. The SMILES string of the molecule is COc1ccc(C(CNC(=O)c2cnc(OC(C)C)c(Cl)c2)N2CCOCC2)cc1. The molecular formula is C22H28ClN3O4. The van der Waals surface area contributed by atoms with Crippen molar-refractivity contribution in [1.82, 2.24) is 15.2 Å².